The smallest absolute Gasteiger partial charge is 0.248 e. The molecule has 1 aromatic rings. The van der Waals surface area contributed by atoms with Crippen molar-refractivity contribution in [1.29, 1.82) is 0 Å². The summed E-state index contributed by atoms with van der Waals surface area (Å²) in [5.41, 5.74) is 12.0. The summed E-state index contributed by atoms with van der Waals surface area (Å²) in [5.74, 6) is 1.70. The standard InChI is InChI=1S/C26H31NO/c1-4-6-7-17(5-2)23-12-13-24-22-11-8-18-16-19(25(27)28)9-10-20(18)21(22)14-15-26(23,24)3/h4-7,9-10,12,16,21-22,24H,2,8,11,13-15H2,1,3H3,(H2,27,28)/b6-4-,17-7+. The predicted octanol–water partition coefficient (Wildman–Crippen LogP) is 5.87. The number of rotatable bonds is 4. The lowest BCUT2D eigenvalue weighted by molar-refractivity contribution is 0.0768. The molecule has 1 saturated carbocycles. The lowest BCUT2D eigenvalue weighted by Gasteiger charge is -2.50. The second-order valence-electron chi connectivity index (χ2n) is 8.85. The third kappa shape index (κ3) is 2.90. The van der Waals surface area contributed by atoms with Gasteiger partial charge in [0.25, 0.3) is 0 Å². The van der Waals surface area contributed by atoms with Crippen LogP contribution < -0.4 is 5.73 Å². The third-order valence-electron chi connectivity index (χ3n) is 7.59. The van der Waals surface area contributed by atoms with Gasteiger partial charge in [-0.15, -0.1) is 0 Å². The predicted molar refractivity (Wildman–Crippen MR) is 116 cm³/mol. The fourth-order valence-corrected chi connectivity index (χ4v) is 6.22. The highest BCUT2D eigenvalue weighted by Crippen LogP contribution is 2.62. The summed E-state index contributed by atoms with van der Waals surface area (Å²) in [6, 6.07) is 6.14. The van der Waals surface area contributed by atoms with Gasteiger partial charge in [-0.05, 0) is 96.6 Å². The zero-order chi connectivity index (χ0) is 19.9. The lowest BCUT2D eigenvalue weighted by atomic mass is 9.54. The maximum atomic E-state index is 11.6. The van der Waals surface area contributed by atoms with Gasteiger partial charge < -0.3 is 5.73 Å². The van der Waals surface area contributed by atoms with Gasteiger partial charge in [-0.1, -0.05) is 49.9 Å². The molecule has 4 atom stereocenters. The fraction of sp³-hybridized carbons (Fsp3) is 0.423. The highest BCUT2D eigenvalue weighted by molar-refractivity contribution is 5.93. The molecule has 0 saturated heterocycles. The molecule has 146 valence electrons. The van der Waals surface area contributed by atoms with Gasteiger partial charge in [-0.2, -0.15) is 0 Å². The van der Waals surface area contributed by atoms with Crippen molar-refractivity contribution < 1.29 is 4.79 Å². The molecular weight excluding hydrogens is 342 g/mol. The second-order valence-corrected chi connectivity index (χ2v) is 8.85. The number of amides is 1. The van der Waals surface area contributed by atoms with E-state index in [1.165, 1.54) is 48.0 Å². The van der Waals surface area contributed by atoms with E-state index < -0.39 is 0 Å². The molecule has 2 nitrogen and oxygen atoms in total. The van der Waals surface area contributed by atoms with E-state index in [0.717, 1.165) is 6.42 Å². The lowest BCUT2D eigenvalue weighted by Crippen LogP contribution is -2.41. The highest BCUT2D eigenvalue weighted by Gasteiger charge is 2.51. The minimum absolute atomic E-state index is 0.243. The first-order valence-corrected chi connectivity index (χ1v) is 10.6. The number of nitrogens with two attached hydrogens (primary N) is 1. The van der Waals surface area contributed by atoms with Crippen LogP contribution in [-0.4, -0.2) is 5.91 Å². The maximum Gasteiger partial charge on any atom is 0.248 e. The quantitative estimate of drug-likeness (QED) is 0.659. The number of hydrogen-bond donors (Lipinski definition) is 1. The molecule has 0 bridgehead atoms. The molecule has 1 fully saturated rings. The van der Waals surface area contributed by atoms with E-state index in [9.17, 15) is 4.79 Å². The van der Waals surface area contributed by atoms with Crippen LogP contribution in [0.5, 0.6) is 0 Å². The van der Waals surface area contributed by atoms with E-state index in [4.69, 9.17) is 5.73 Å². The molecule has 28 heavy (non-hydrogen) atoms. The Morgan fingerprint density at radius 1 is 1.32 bits per heavy atom. The third-order valence-corrected chi connectivity index (χ3v) is 7.59. The Morgan fingerprint density at radius 3 is 2.86 bits per heavy atom. The fourth-order valence-electron chi connectivity index (χ4n) is 6.22. The van der Waals surface area contributed by atoms with E-state index >= 15 is 0 Å². The summed E-state index contributed by atoms with van der Waals surface area (Å²) in [6.07, 6.45) is 16.8. The Morgan fingerprint density at radius 2 is 2.14 bits per heavy atom. The van der Waals surface area contributed by atoms with Gasteiger partial charge in [0, 0.05) is 5.56 Å². The summed E-state index contributed by atoms with van der Waals surface area (Å²) in [7, 11) is 0. The summed E-state index contributed by atoms with van der Waals surface area (Å²) in [5, 5.41) is 0. The van der Waals surface area contributed by atoms with Crippen molar-refractivity contribution in [2.75, 3.05) is 0 Å². The number of primary amides is 1. The summed E-state index contributed by atoms with van der Waals surface area (Å²) in [4.78, 5) is 11.6. The van der Waals surface area contributed by atoms with Crippen LogP contribution in [0.15, 0.2) is 66.3 Å². The summed E-state index contributed by atoms with van der Waals surface area (Å²) < 4.78 is 0. The van der Waals surface area contributed by atoms with Gasteiger partial charge in [0.2, 0.25) is 5.91 Å². The van der Waals surface area contributed by atoms with Crippen LogP contribution in [0.4, 0.5) is 0 Å². The van der Waals surface area contributed by atoms with Crippen molar-refractivity contribution in [3.05, 3.63) is 83.0 Å². The summed E-state index contributed by atoms with van der Waals surface area (Å²) >= 11 is 0. The van der Waals surface area contributed by atoms with Crippen LogP contribution in [0, 0.1) is 17.3 Å². The number of aryl methyl sites for hydroxylation is 1. The molecule has 0 aromatic heterocycles. The van der Waals surface area contributed by atoms with Gasteiger partial charge >= 0.3 is 0 Å². The molecule has 2 N–H and O–H groups in total. The Balaban J connectivity index is 1.64. The molecule has 0 radical (unpaired) electrons. The molecule has 1 aromatic carbocycles. The first-order chi connectivity index (χ1) is 13.5. The van der Waals surface area contributed by atoms with E-state index in [1.807, 2.05) is 18.2 Å². The SMILES string of the molecule is C=C/C(=C\C=C/C)C1=CCC2C3CCc4cc(C(N)=O)ccc4C3CCC12C. The molecule has 0 heterocycles. The largest absolute Gasteiger partial charge is 0.366 e. The van der Waals surface area contributed by atoms with Crippen molar-refractivity contribution in [3.8, 4) is 0 Å². The number of carbonyl (C=O) groups is 1. The van der Waals surface area contributed by atoms with Gasteiger partial charge in [0.05, 0.1) is 0 Å². The first-order valence-electron chi connectivity index (χ1n) is 10.6. The Bertz CT molecular complexity index is 903. The van der Waals surface area contributed by atoms with E-state index in [-0.39, 0.29) is 11.3 Å². The van der Waals surface area contributed by atoms with Crippen LogP contribution in [0.25, 0.3) is 0 Å². The zero-order valence-corrected chi connectivity index (χ0v) is 17.1. The molecule has 1 amide bonds. The molecule has 3 aliphatic carbocycles. The van der Waals surface area contributed by atoms with E-state index in [1.54, 1.807) is 0 Å². The number of benzene rings is 1. The average molecular weight is 374 g/mol. The topological polar surface area (TPSA) is 43.1 Å². The van der Waals surface area contributed by atoms with Gasteiger partial charge in [0.1, 0.15) is 0 Å². The molecule has 2 heteroatoms. The molecule has 0 spiro atoms. The van der Waals surface area contributed by atoms with E-state index in [2.05, 4.69) is 50.8 Å². The van der Waals surface area contributed by atoms with E-state index in [0.29, 0.717) is 23.3 Å². The first kappa shape index (κ1) is 19.0. The minimum atomic E-state index is -0.323. The van der Waals surface area contributed by atoms with Gasteiger partial charge in [0.15, 0.2) is 0 Å². The molecule has 3 aliphatic rings. The van der Waals surface area contributed by atoms with Crippen LogP contribution >= 0.6 is 0 Å². The molecule has 0 aliphatic heterocycles. The zero-order valence-electron chi connectivity index (χ0n) is 17.1. The van der Waals surface area contributed by atoms with Crippen LogP contribution in [0.3, 0.4) is 0 Å². The molecular formula is C26H31NO. The van der Waals surface area contributed by atoms with Gasteiger partial charge in [-0.3, -0.25) is 4.79 Å². The van der Waals surface area contributed by atoms with Crippen molar-refractivity contribution in [1.82, 2.24) is 0 Å². The van der Waals surface area contributed by atoms with Crippen molar-refractivity contribution >= 4 is 5.91 Å². The Labute approximate surface area is 168 Å². The van der Waals surface area contributed by atoms with Crippen LogP contribution in [0.1, 0.15) is 66.9 Å². The number of fused-ring (bicyclic) bond motifs is 5. The number of allylic oxidation sites excluding steroid dienone is 7. The minimum Gasteiger partial charge on any atom is -0.366 e. The summed E-state index contributed by atoms with van der Waals surface area (Å²) in [6.45, 7) is 8.61. The van der Waals surface area contributed by atoms with Gasteiger partial charge in [-0.25, -0.2) is 0 Å². The van der Waals surface area contributed by atoms with Crippen LogP contribution in [-0.2, 0) is 6.42 Å². The normalized spacial score (nSPS) is 31.7. The second kappa shape index (κ2) is 7.24. The number of carbonyl (C=O) groups excluding carboxylic acids is 1. The Hall–Kier alpha value is -2.35. The van der Waals surface area contributed by atoms with Crippen molar-refractivity contribution in [2.24, 2.45) is 23.0 Å². The monoisotopic (exact) mass is 373 g/mol. The number of hydrogen-bond acceptors (Lipinski definition) is 1. The van der Waals surface area contributed by atoms with Crippen molar-refractivity contribution in [3.63, 3.8) is 0 Å². The molecule has 4 unspecified atom stereocenters. The van der Waals surface area contributed by atoms with Crippen LogP contribution in [0.2, 0.25) is 0 Å². The maximum absolute atomic E-state index is 11.6. The average Bonchev–Trinajstić information content (AvgIpc) is 3.05. The Kier molecular flexibility index (Phi) is 4.91. The van der Waals surface area contributed by atoms with Crippen molar-refractivity contribution in [2.45, 2.75) is 51.9 Å². The highest BCUT2D eigenvalue weighted by atomic mass is 16.1. The molecule has 4 rings (SSSR count).